The van der Waals surface area contributed by atoms with Gasteiger partial charge in [-0.1, -0.05) is 12.1 Å². The predicted molar refractivity (Wildman–Crippen MR) is 59.7 cm³/mol. The van der Waals surface area contributed by atoms with Crippen LogP contribution in [0.1, 0.15) is 6.92 Å². The van der Waals surface area contributed by atoms with E-state index < -0.39 is 0 Å². The van der Waals surface area contributed by atoms with Gasteiger partial charge in [0.2, 0.25) is 6.33 Å². The van der Waals surface area contributed by atoms with Gasteiger partial charge in [-0.25, -0.2) is 9.13 Å². The van der Waals surface area contributed by atoms with Crippen LogP contribution in [0, 0.1) is 0 Å². The number of nitrogens with zero attached hydrogens (tertiary/aromatic N) is 2. The van der Waals surface area contributed by atoms with Gasteiger partial charge in [0.15, 0.2) is 11.0 Å². The summed E-state index contributed by atoms with van der Waals surface area (Å²) in [7, 11) is 1.74. The number of para-hydroxylation sites is 2. The summed E-state index contributed by atoms with van der Waals surface area (Å²) in [5.74, 6) is 0. The van der Waals surface area contributed by atoms with E-state index in [1.54, 1.807) is 7.11 Å². The Hall–Kier alpha value is -1.35. The minimum absolute atomic E-state index is 0.752. The zero-order chi connectivity index (χ0) is 10.7. The Morgan fingerprint density at radius 3 is 2.87 bits per heavy atom. The molecule has 0 radical (unpaired) electrons. The number of rotatable bonds is 4. The summed E-state index contributed by atoms with van der Waals surface area (Å²) in [5, 5.41) is 0. The van der Waals surface area contributed by atoms with Crippen LogP contribution in [0.15, 0.2) is 30.6 Å². The first-order valence-corrected chi connectivity index (χ1v) is 5.33. The molecule has 3 heteroatoms. The van der Waals surface area contributed by atoms with E-state index in [0.29, 0.717) is 0 Å². The van der Waals surface area contributed by atoms with Crippen LogP contribution in [0.2, 0.25) is 0 Å². The Bertz CT molecular complexity index is 448. The third-order valence-corrected chi connectivity index (χ3v) is 2.66. The molecule has 0 saturated carbocycles. The number of benzene rings is 1. The minimum atomic E-state index is 0.752. The van der Waals surface area contributed by atoms with Gasteiger partial charge in [-0.2, -0.15) is 0 Å². The largest absolute Gasteiger partial charge is 0.381 e. The number of hydrogen-bond acceptors (Lipinski definition) is 1. The van der Waals surface area contributed by atoms with Gasteiger partial charge in [0.1, 0.15) is 6.54 Å². The van der Waals surface area contributed by atoms with Crippen LogP contribution in [0.4, 0.5) is 0 Å². The number of hydrogen-bond donors (Lipinski definition) is 0. The summed E-state index contributed by atoms with van der Waals surface area (Å²) in [6, 6.07) is 8.46. The highest BCUT2D eigenvalue weighted by Gasteiger charge is 2.12. The fourth-order valence-electron chi connectivity index (χ4n) is 1.86. The van der Waals surface area contributed by atoms with E-state index in [-0.39, 0.29) is 0 Å². The normalized spacial score (nSPS) is 11.1. The molecule has 80 valence electrons. The average molecular weight is 205 g/mol. The van der Waals surface area contributed by atoms with Crippen LogP contribution in [-0.2, 0) is 17.8 Å². The first kappa shape index (κ1) is 10.2. The first-order chi connectivity index (χ1) is 7.36. The molecule has 2 rings (SSSR count). The van der Waals surface area contributed by atoms with E-state index in [4.69, 9.17) is 4.74 Å². The van der Waals surface area contributed by atoms with Gasteiger partial charge in [-0.15, -0.1) is 0 Å². The molecule has 0 N–H and O–H groups in total. The lowest BCUT2D eigenvalue weighted by Crippen LogP contribution is -2.34. The Balaban J connectivity index is 2.45. The van der Waals surface area contributed by atoms with Crippen LogP contribution in [0.5, 0.6) is 0 Å². The van der Waals surface area contributed by atoms with Crippen molar-refractivity contribution in [2.75, 3.05) is 13.7 Å². The third kappa shape index (κ3) is 1.88. The molecule has 3 nitrogen and oxygen atoms in total. The van der Waals surface area contributed by atoms with Crippen molar-refractivity contribution in [1.82, 2.24) is 4.57 Å². The highest BCUT2D eigenvalue weighted by atomic mass is 16.5. The quantitative estimate of drug-likeness (QED) is 0.693. The number of imidazole rings is 1. The van der Waals surface area contributed by atoms with Crippen LogP contribution >= 0.6 is 0 Å². The van der Waals surface area contributed by atoms with Crippen molar-refractivity contribution in [3.8, 4) is 0 Å². The number of methoxy groups -OCH3 is 1. The summed E-state index contributed by atoms with van der Waals surface area (Å²) in [4.78, 5) is 0. The molecule has 2 aromatic rings. The summed E-state index contributed by atoms with van der Waals surface area (Å²) in [6.45, 7) is 4.82. The van der Waals surface area contributed by atoms with Gasteiger partial charge >= 0.3 is 0 Å². The molecule has 0 fully saturated rings. The highest BCUT2D eigenvalue weighted by Crippen LogP contribution is 2.09. The lowest BCUT2D eigenvalue weighted by atomic mass is 10.3. The van der Waals surface area contributed by atoms with Crippen molar-refractivity contribution in [2.45, 2.75) is 20.0 Å². The average Bonchev–Trinajstić information content (AvgIpc) is 2.65. The number of ether oxygens (including phenoxy) is 1. The predicted octanol–water partition coefficient (Wildman–Crippen LogP) is 1.60. The Morgan fingerprint density at radius 1 is 1.33 bits per heavy atom. The van der Waals surface area contributed by atoms with Gasteiger partial charge in [-0.05, 0) is 19.1 Å². The lowest BCUT2D eigenvalue weighted by Gasteiger charge is -1.95. The van der Waals surface area contributed by atoms with Crippen LogP contribution < -0.4 is 4.57 Å². The Morgan fingerprint density at radius 2 is 2.13 bits per heavy atom. The SMILES string of the molecule is CCn1c[n+](CCOC)c2ccccc21. The molecule has 0 spiro atoms. The fourth-order valence-corrected chi connectivity index (χ4v) is 1.86. The van der Waals surface area contributed by atoms with E-state index in [9.17, 15) is 0 Å². The monoisotopic (exact) mass is 205 g/mol. The molecule has 0 aliphatic heterocycles. The smallest absolute Gasteiger partial charge is 0.244 e. The molecule has 15 heavy (non-hydrogen) atoms. The number of aromatic nitrogens is 2. The van der Waals surface area contributed by atoms with Crippen molar-refractivity contribution in [1.29, 1.82) is 0 Å². The maximum Gasteiger partial charge on any atom is 0.244 e. The molecule has 0 atom stereocenters. The first-order valence-electron chi connectivity index (χ1n) is 5.33. The number of aryl methyl sites for hydroxylation is 1. The molecule has 0 aliphatic rings. The van der Waals surface area contributed by atoms with Crippen LogP contribution in [0.3, 0.4) is 0 Å². The molecule has 0 bridgehead atoms. The molecule has 0 aliphatic carbocycles. The molecule has 0 saturated heterocycles. The summed E-state index contributed by atoms with van der Waals surface area (Å²) in [6.07, 6.45) is 2.16. The van der Waals surface area contributed by atoms with Gasteiger partial charge in [0.25, 0.3) is 0 Å². The zero-order valence-electron chi connectivity index (χ0n) is 9.31. The zero-order valence-corrected chi connectivity index (χ0v) is 9.31. The van der Waals surface area contributed by atoms with Crippen molar-refractivity contribution in [3.63, 3.8) is 0 Å². The van der Waals surface area contributed by atoms with Crippen molar-refractivity contribution < 1.29 is 9.30 Å². The summed E-state index contributed by atoms with van der Waals surface area (Å²) >= 11 is 0. The second-order valence-electron chi connectivity index (χ2n) is 3.58. The van der Waals surface area contributed by atoms with E-state index in [1.807, 2.05) is 0 Å². The van der Waals surface area contributed by atoms with E-state index in [1.165, 1.54) is 11.0 Å². The van der Waals surface area contributed by atoms with Gasteiger partial charge < -0.3 is 4.74 Å². The van der Waals surface area contributed by atoms with E-state index in [2.05, 4.69) is 46.7 Å². The lowest BCUT2D eigenvalue weighted by molar-refractivity contribution is -0.673. The summed E-state index contributed by atoms with van der Waals surface area (Å²) < 4.78 is 9.60. The molecular weight excluding hydrogens is 188 g/mol. The topological polar surface area (TPSA) is 18.0 Å². The molecule has 1 aromatic heterocycles. The van der Waals surface area contributed by atoms with E-state index in [0.717, 1.165) is 19.7 Å². The third-order valence-electron chi connectivity index (χ3n) is 2.66. The van der Waals surface area contributed by atoms with Gasteiger partial charge in [0, 0.05) is 7.11 Å². The molecule has 0 amide bonds. The standard InChI is InChI=1S/C12H17N2O/c1-3-13-10-14(8-9-15-2)12-7-5-4-6-11(12)13/h4-7,10H,3,8-9H2,1-2H3/q+1. The Kier molecular flexibility index (Phi) is 3.02. The van der Waals surface area contributed by atoms with Crippen molar-refractivity contribution in [2.24, 2.45) is 0 Å². The maximum atomic E-state index is 5.11. The molecular formula is C12H17N2O+. The minimum Gasteiger partial charge on any atom is -0.381 e. The van der Waals surface area contributed by atoms with Crippen LogP contribution in [-0.4, -0.2) is 18.3 Å². The molecule has 1 aromatic carbocycles. The van der Waals surface area contributed by atoms with Gasteiger partial charge in [0.05, 0.1) is 13.2 Å². The Labute approximate surface area is 89.9 Å². The van der Waals surface area contributed by atoms with Crippen LogP contribution in [0.25, 0.3) is 11.0 Å². The number of fused-ring (bicyclic) bond motifs is 1. The second kappa shape index (κ2) is 4.45. The van der Waals surface area contributed by atoms with Gasteiger partial charge in [-0.3, -0.25) is 0 Å². The molecule has 0 unspecified atom stereocenters. The highest BCUT2D eigenvalue weighted by molar-refractivity contribution is 5.71. The maximum absolute atomic E-state index is 5.11. The molecule has 1 heterocycles. The second-order valence-corrected chi connectivity index (χ2v) is 3.58. The van der Waals surface area contributed by atoms with Crippen molar-refractivity contribution in [3.05, 3.63) is 30.6 Å². The van der Waals surface area contributed by atoms with E-state index >= 15 is 0 Å². The fraction of sp³-hybridized carbons (Fsp3) is 0.417. The summed E-state index contributed by atoms with van der Waals surface area (Å²) in [5.41, 5.74) is 2.56. The van der Waals surface area contributed by atoms with Crippen molar-refractivity contribution >= 4 is 11.0 Å².